The van der Waals surface area contributed by atoms with Gasteiger partial charge in [0, 0.05) is 30.9 Å². The fourth-order valence-electron chi connectivity index (χ4n) is 5.83. The summed E-state index contributed by atoms with van der Waals surface area (Å²) >= 11 is 0. The number of nitrogen functional groups attached to an aromatic ring is 1. The number of fused-ring (bicyclic) bond motifs is 1. The zero-order valence-corrected chi connectivity index (χ0v) is 23.8. The monoisotopic (exact) mass is 565 g/mol. The molecule has 0 atom stereocenters. The first-order valence-corrected chi connectivity index (χ1v) is 14.0. The van der Waals surface area contributed by atoms with Gasteiger partial charge in [-0.2, -0.15) is 5.10 Å². The van der Waals surface area contributed by atoms with E-state index in [4.69, 9.17) is 10.5 Å². The van der Waals surface area contributed by atoms with Gasteiger partial charge in [0.25, 0.3) is 0 Å². The number of carbonyl (C=O) groups excluding carboxylic acids is 2. The number of piperidine rings is 1. The van der Waals surface area contributed by atoms with Crippen LogP contribution >= 0.6 is 0 Å². The summed E-state index contributed by atoms with van der Waals surface area (Å²) in [5.74, 6) is 0.622. The van der Waals surface area contributed by atoms with Crippen molar-refractivity contribution in [1.82, 2.24) is 19.7 Å². The maximum absolute atomic E-state index is 14.0. The lowest BCUT2D eigenvalue weighted by Gasteiger charge is -2.32. The molecule has 0 saturated carbocycles. The second-order valence-electron chi connectivity index (χ2n) is 10.9. The molecule has 5 aromatic rings. The Morgan fingerprint density at radius 3 is 2.50 bits per heavy atom. The van der Waals surface area contributed by atoms with Gasteiger partial charge in [-0.25, -0.2) is 9.07 Å². The van der Waals surface area contributed by atoms with Crippen LogP contribution < -0.4 is 10.5 Å². The molecular formula is C33H32FN5O3. The topological polar surface area (TPSA) is 106 Å². The molecule has 1 aliphatic rings. The molecule has 0 spiro atoms. The van der Waals surface area contributed by atoms with Crippen LogP contribution in [0.15, 0.2) is 66.9 Å². The summed E-state index contributed by atoms with van der Waals surface area (Å²) in [4.78, 5) is 30.5. The molecule has 0 bridgehead atoms. The summed E-state index contributed by atoms with van der Waals surface area (Å²) < 4.78 is 21.2. The van der Waals surface area contributed by atoms with Gasteiger partial charge in [0.1, 0.15) is 11.6 Å². The number of nitrogens with zero attached hydrogens (tertiary/aromatic N) is 3. The Bertz CT molecular complexity index is 1830. The standard InChI is InChI=1S/C33H32FN5O3/c1-19-14-23-16-29(37-28(23)17-25(19)22-10-12-38(13-11-22)21(3)40)32(41)26-18-36-39(33(26)35)30-9-8-24(15-20(30)2)42-31-7-5-4-6-27(31)34/h4-9,14-18,22,37H,10-13,35H2,1-3H3. The minimum atomic E-state index is -0.447. The number of ketones is 1. The minimum absolute atomic E-state index is 0.122. The minimum Gasteiger partial charge on any atom is -0.454 e. The van der Waals surface area contributed by atoms with Crippen molar-refractivity contribution in [3.63, 3.8) is 0 Å². The van der Waals surface area contributed by atoms with E-state index in [1.807, 2.05) is 17.9 Å². The zero-order chi connectivity index (χ0) is 29.5. The summed E-state index contributed by atoms with van der Waals surface area (Å²) in [5, 5.41) is 5.36. The van der Waals surface area contributed by atoms with Gasteiger partial charge < -0.3 is 20.4 Å². The second-order valence-corrected chi connectivity index (χ2v) is 10.9. The Balaban J connectivity index is 1.23. The number of nitrogens with two attached hydrogens (primary N) is 1. The maximum atomic E-state index is 14.0. The highest BCUT2D eigenvalue weighted by molar-refractivity contribution is 6.12. The van der Waals surface area contributed by atoms with E-state index in [1.54, 1.807) is 43.3 Å². The highest BCUT2D eigenvalue weighted by Gasteiger charge is 2.25. The number of ether oxygens (including phenoxy) is 1. The molecule has 0 aliphatic carbocycles. The second kappa shape index (κ2) is 10.8. The fraction of sp³-hybridized carbons (Fsp3) is 0.242. The summed E-state index contributed by atoms with van der Waals surface area (Å²) in [5.41, 5.74) is 12.0. The largest absolute Gasteiger partial charge is 0.454 e. The molecule has 3 heterocycles. The molecule has 214 valence electrons. The average molecular weight is 566 g/mol. The summed E-state index contributed by atoms with van der Waals surface area (Å²) in [6, 6.07) is 17.6. The number of carbonyl (C=O) groups is 2. The molecule has 6 rings (SSSR count). The van der Waals surface area contributed by atoms with Crippen molar-refractivity contribution < 1.29 is 18.7 Å². The van der Waals surface area contributed by atoms with Crippen LogP contribution in [0.4, 0.5) is 10.2 Å². The van der Waals surface area contributed by atoms with Crippen LogP contribution in [-0.2, 0) is 4.79 Å². The van der Waals surface area contributed by atoms with Crippen LogP contribution in [0.1, 0.15) is 58.4 Å². The number of para-hydroxylation sites is 1. The molecular weight excluding hydrogens is 533 g/mol. The summed E-state index contributed by atoms with van der Waals surface area (Å²) in [7, 11) is 0. The van der Waals surface area contributed by atoms with Crippen molar-refractivity contribution in [3.8, 4) is 17.2 Å². The number of amides is 1. The Labute approximate surface area is 242 Å². The quantitative estimate of drug-likeness (QED) is 0.231. The van der Waals surface area contributed by atoms with Crippen molar-refractivity contribution in [2.75, 3.05) is 18.8 Å². The van der Waals surface area contributed by atoms with Crippen molar-refractivity contribution in [2.45, 2.75) is 39.5 Å². The number of benzene rings is 3. The highest BCUT2D eigenvalue weighted by Crippen LogP contribution is 2.34. The number of hydrogen-bond acceptors (Lipinski definition) is 5. The predicted molar refractivity (Wildman–Crippen MR) is 160 cm³/mol. The lowest BCUT2D eigenvalue weighted by atomic mass is 9.86. The number of aromatic amines is 1. The van der Waals surface area contributed by atoms with Crippen LogP contribution in [0.3, 0.4) is 0 Å². The number of aromatic nitrogens is 3. The van der Waals surface area contributed by atoms with Crippen LogP contribution in [0.25, 0.3) is 16.6 Å². The summed E-state index contributed by atoms with van der Waals surface area (Å²) in [6.07, 6.45) is 3.32. The van der Waals surface area contributed by atoms with Gasteiger partial charge >= 0.3 is 0 Å². The Morgan fingerprint density at radius 2 is 1.79 bits per heavy atom. The van der Waals surface area contributed by atoms with E-state index < -0.39 is 5.82 Å². The predicted octanol–water partition coefficient (Wildman–Crippen LogP) is 6.44. The third-order valence-electron chi connectivity index (χ3n) is 8.14. The summed E-state index contributed by atoms with van der Waals surface area (Å²) in [6.45, 7) is 7.10. The first kappa shape index (κ1) is 27.3. The van der Waals surface area contributed by atoms with Crippen molar-refractivity contribution in [3.05, 3.63) is 101 Å². The van der Waals surface area contributed by atoms with E-state index in [2.05, 4.69) is 29.1 Å². The normalized spacial score (nSPS) is 14.0. The lowest BCUT2D eigenvalue weighted by Crippen LogP contribution is -2.36. The van der Waals surface area contributed by atoms with E-state index in [1.165, 1.54) is 28.1 Å². The number of likely N-dealkylation sites (tertiary alicyclic amines) is 1. The maximum Gasteiger partial charge on any atom is 0.219 e. The van der Waals surface area contributed by atoms with Gasteiger partial charge in [-0.05, 0) is 97.8 Å². The van der Waals surface area contributed by atoms with E-state index >= 15 is 0 Å². The average Bonchev–Trinajstić information content (AvgIpc) is 3.56. The molecule has 8 nitrogen and oxygen atoms in total. The molecule has 1 aliphatic heterocycles. The lowest BCUT2D eigenvalue weighted by molar-refractivity contribution is -0.129. The third-order valence-corrected chi connectivity index (χ3v) is 8.14. The Hall–Kier alpha value is -4.92. The Kier molecular flexibility index (Phi) is 7.02. The number of rotatable bonds is 6. The fourth-order valence-corrected chi connectivity index (χ4v) is 5.83. The van der Waals surface area contributed by atoms with Crippen molar-refractivity contribution >= 4 is 28.4 Å². The van der Waals surface area contributed by atoms with E-state index in [-0.39, 0.29) is 23.3 Å². The number of H-pyrrole nitrogens is 1. The van der Waals surface area contributed by atoms with E-state index in [0.717, 1.165) is 42.4 Å². The third kappa shape index (κ3) is 5.02. The van der Waals surface area contributed by atoms with E-state index in [9.17, 15) is 14.0 Å². The molecule has 3 N–H and O–H groups in total. The van der Waals surface area contributed by atoms with Crippen LogP contribution in [0, 0.1) is 19.7 Å². The number of halogens is 1. The smallest absolute Gasteiger partial charge is 0.219 e. The van der Waals surface area contributed by atoms with E-state index in [0.29, 0.717) is 28.6 Å². The van der Waals surface area contributed by atoms with Crippen molar-refractivity contribution in [1.29, 1.82) is 0 Å². The van der Waals surface area contributed by atoms with Gasteiger partial charge in [-0.3, -0.25) is 9.59 Å². The molecule has 3 aromatic carbocycles. The molecule has 42 heavy (non-hydrogen) atoms. The molecule has 0 radical (unpaired) electrons. The molecule has 1 amide bonds. The number of anilines is 1. The van der Waals surface area contributed by atoms with Gasteiger partial charge in [0.2, 0.25) is 11.7 Å². The van der Waals surface area contributed by atoms with Gasteiger partial charge in [-0.1, -0.05) is 12.1 Å². The molecule has 2 aromatic heterocycles. The first-order chi connectivity index (χ1) is 20.2. The first-order valence-electron chi connectivity index (χ1n) is 14.0. The van der Waals surface area contributed by atoms with Crippen LogP contribution in [0.5, 0.6) is 11.5 Å². The number of hydrogen-bond donors (Lipinski definition) is 2. The van der Waals surface area contributed by atoms with Gasteiger partial charge in [-0.15, -0.1) is 0 Å². The van der Waals surface area contributed by atoms with Crippen molar-refractivity contribution in [2.24, 2.45) is 0 Å². The molecule has 9 heteroatoms. The van der Waals surface area contributed by atoms with Gasteiger partial charge in [0.05, 0.1) is 23.1 Å². The molecule has 1 saturated heterocycles. The van der Waals surface area contributed by atoms with Crippen LogP contribution in [-0.4, -0.2) is 44.4 Å². The Morgan fingerprint density at radius 1 is 1.02 bits per heavy atom. The number of aryl methyl sites for hydroxylation is 2. The zero-order valence-electron chi connectivity index (χ0n) is 23.8. The molecule has 1 fully saturated rings. The highest BCUT2D eigenvalue weighted by atomic mass is 19.1. The van der Waals surface area contributed by atoms with Crippen LogP contribution in [0.2, 0.25) is 0 Å². The molecule has 0 unspecified atom stereocenters. The SMILES string of the molecule is CC(=O)N1CCC(c2cc3[nH]c(C(=O)c4cnn(-c5ccc(Oc6ccccc6F)cc5C)c4N)cc3cc2C)CC1. The van der Waals surface area contributed by atoms with Gasteiger partial charge in [0.15, 0.2) is 11.6 Å². The number of nitrogens with one attached hydrogen (secondary N) is 1.